The molecule has 2 rings (SSSR count). The minimum absolute atomic E-state index is 0.477. The van der Waals surface area contributed by atoms with E-state index in [1.807, 2.05) is 7.05 Å². The van der Waals surface area contributed by atoms with E-state index >= 15 is 0 Å². The van der Waals surface area contributed by atoms with Gasteiger partial charge < -0.3 is 10.6 Å². The van der Waals surface area contributed by atoms with Crippen LogP contribution in [0.15, 0.2) is 28.1 Å². The highest BCUT2D eigenvalue weighted by atomic mass is 79.9. The summed E-state index contributed by atoms with van der Waals surface area (Å²) in [5, 5.41) is 3.05. The third-order valence-corrected chi connectivity index (χ3v) is 4.90. The van der Waals surface area contributed by atoms with Crippen molar-refractivity contribution >= 4 is 61.8 Å². The first-order valence-corrected chi connectivity index (χ1v) is 7.59. The Kier molecular flexibility index (Phi) is 4.43. The molecule has 0 fully saturated rings. The molecule has 0 bridgehead atoms. The lowest BCUT2D eigenvalue weighted by atomic mass is 10.2. The van der Waals surface area contributed by atoms with Gasteiger partial charge in [0.1, 0.15) is 0 Å². The Bertz CT molecular complexity index is 571. The van der Waals surface area contributed by atoms with Gasteiger partial charge in [-0.25, -0.2) is 0 Å². The minimum atomic E-state index is 0.477. The van der Waals surface area contributed by atoms with E-state index in [0.29, 0.717) is 15.7 Å². The molecule has 2 N–H and O–H groups in total. The highest BCUT2D eigenvalue weighted by molar-refractivity contribution is 9.10. The molecular formula is C12H11BrCl2N2S. The summed E-state index contributed by atoms with van der Waals surface area (Å²) < 4.78 is 1.10. The summed E-state index contributed by atoms with van der Waals surface area (Å²) in [4.78, 5) is 3.30. The Morgan fingerprint density at radius 2 is 1.94 bits per heavy atom. The second-order valence-corrected chi connectivity index (χ2v) is 6.64. The van der Waals surface area contributed by atoms with Crippen molar-refractivity contribution in [3.8, 4) is 0 Å². The molecule has 1 aromatic carbocycles. The number of thiophene rings is 1. The lowest BCUT2D eigenvalue weighted by Gasteiger charge is -2.21. The third kappa shape index (κ3) is 3.12. The second-order valence-electron chi connectivity index (χ2n) is 3.91. The van der Waals surface area contributed by atoms with Crippen LogP contribution in [0.25, 0.3) is 0 Å². The average Bonchev–Trinajstić information content (AvgIpc) is 2.69. The lowest BCUT2D eigenvalue weighted by molar-refractivity contribution is 0.942. The molecule has 2 nitrogen and oxygen atoms in total. The first-order chi connectivity index (χ1) is 8.47. The zero-order valence-corrected chi connectivity index (χ0v) is 13.5. The maximum atomic E-state index is 6.02. The van der Waals surface area contributed by atoms with Crippen molar-refractivity contribution in [2.75, 3.05) is 17.7 Å². The van der Waals surface area contributed by atoms with E-state index in [0.717, 1.165) is 16.7 Å². The van der Waals surface area contributed by atoms with Gasteiger partial charge in [0.05, 0.1) is 28.0 Å². The predicted octanol–water partition coefficient (Wildman–Crippen LogP) is 5.04. The lowest BCUT2D eigenvalue weighted by Crippen LogP contribution is -2.17. The molecule has 0 aliphatic rings. The van der Waals surface area contributed by atoms with Crippen LogP contribution in [0.5, 0.6) is 0 Å². The molecule has 0 aliphatic carbocycles. The Morgan fingerprint density at radius 1 is 1.28 bits per heavy atom. The molecule has 96 valence electrons. The topological polar surface area (TPSA) is 29.3 Å². The third-order valence-electron chi connectivity index (χ3n) is 2.50. The summed E-state index contributed by atoms with van der Waals surface area (Å²) in [6.07, 6.45) is 0. The predicted molar refractivity (Wildman–Crippen MR) is 85.0 cm³/mol. The summed E-state index contributed by atoms with van der Waals surface area (Å²) in [6, 6.07) is 5.57. The number of benzene rings is 1. The Labute approximate surface area is 128 Å². The summed E-state index contributed by atoms with van der Waals surface area (Å²) in [5.74, 6) is 0. The monoisotopic (exact) mass is 364 g/mol. The smallest absolute Gasteiger partial charge is 0.0616 e. The summed E-state index contributed by atoms with van der Waals surface area (Å²) in [5.41, 5.74) is 7.47. The van der Waals surface area contributed by atoms with Crippen LogP contribution in [0.3, 0.4) is 0 Å². The Hall–Kier alpha value is -0.420. The van der Waals surface area contributed by atoms with Gasteiger partial charge in [0, 0.05) is 21.8 Å². The molecule has 0 saturated carbocycles. The SMILES string of the molecule is CN(Cc1cc(Br)cs1)c1cc(Cl)c(Cl)cc1N. The van der Waals surface area contributed by atoms with Gasteiger partial charge in [-0.1, -0.05) is 23.2 Å². The van der Waals surface area contributed by atoms with Gasteiger partial charge in [0.25, 0.3) is 0 Å². The number of hydrogen-bond donors (Lipinski definition) is 1. The van der Waals surface area contributed by atoms with E-state index in [1.54, 1.807) is 23.5 Å². The molecular weight excluding hydrogens is 355 g/mol. The van der Waals surface area contributed by atoms with Crippen molar-refractivity contribution in [2.45, 2.75) is 6.54 Å². The molecule has 0 radical (unpaired) electrons. The molecule has 0 spiro atoms. The van der Waals surface area contributed by atoms with Gasteiger partial charge in [-0.15, -0.1) is 11.3 Å². The molecule has 1 heterocycles. The number of nitrogens with two attached hydrogens (primary N) is 1. The molecule has 0 saturated heterocycles. The van der Waals surface area contributed by atoms with Crippen molar-refractivity contribution in [3.05, 3.63) is 43.0 Å². The van der Waals surface area contributed by atoms with Crippen LogP contribution in [0.4, 0.5) is 11.4 Å². The summed E-state index contributed by atoms with van der Waals surface area (Å²) in [7, 11) is 1.98. The van der Waals surface area contributed by atoms with Gasteiger partial charge in [-0.3, -0.25) is 0 Å². The second kappa shape index (κ2) is 5.70. The normalized spacial score (nSPS) is 10.7. The molecule has 2 aromatic rings. The van der Waals surface area contributed by atoms with Crippen molar-refractivity contribution in [1.29, 1.82) is 0 Å². The van der Waals surface area contributed by atoms with Gasteiger partial charge >= 0.3 is 0 Å². The standard InChI is InChI=1S/C12H11BrCl2N2S/c1-17(5-8-2-7(13)6-18-8)12-4-10(15)9(14)3-11(12)16/h2-4,6H,5,16H2,1H3. The number of nitrogens with zero attached hydrogens (tertiary/aromatic N) is 1. The summed E-state index contributed by atoms with van der Waals surface area (Å²) >= 11 is 17.1. The largest absolute Gasteiger partial charge is 0.397 e. The van der Waals surface area contributed by atoms with E-state index in [1.165, 1.54) is 4.88 Å². The van der Waals surface area contributed by atoms with Crippen molar-refractivity contribution < 1.29 is 0 Å². The fraction of sp³-hybridized carbons (Fsp3) is 0.167. The maximum Gasteiger partial charge on any atom is 0.0616 e. The zero-order chi connectivity index (χ0) is 13.3. The number of rotatable bonds is 3. The highest BCUT2D eigenvalue weighted by Crippen LogP contribution is 2.33. The quantitative estimate of drug-likeness (QED) is 0.772. The molecule has 1 aromatic heterocycles. The zero-order valence-electron chi connectivity index (χ0n) is 9.58. The summed E-state index contributed by atoms with van der Waals surface area (Å²) in [6.45, 7) is 0.776. The van der Waals surface area contributed by atoms with Crippen LogP contribution in [0, 0.1) is 0 Å². The van der Waals surface area contributed by atoms with E-state index < -0.39 is 0 Å². The van der Waals surface area contributed by atoms with Crippen molar-refractivity contribution in [3.63, 3.8) is 0 Å². The van der Waals surface area contributed by atoms with Crippen LogP contribution in [-0.2, 0) is 6.54 Å². The molecule has 18 heavy (non-hydrogen) atoms. The molecule has 0 atom stereocenters. The Balaban J connectivity index is 2.23. The molecule has 0 aliphatic heterocycles. The van der Waals surface area contributed by atoms with E-state index in [2.05, 4.69) is 32.3 Å². The van der Waals surface area contributed by atoms with Crippen molar-refractivity contribution in [1.82, 2.24) is 0 Å². The number of nitrogen functional groups attached to an aromatic ring is 1. The first-order valence-electron chi connectivity index (χ1n) is 5.16. The maximum absolute atomic E-state index is 6.02. The van der Waals surface area contributed by atoms with Crippen LogP contribution in [-0.4, -0.2) is 7.05 Å². The van der Waals surface area contributed by atoms with Crippen LogP contribution in [0.1, 0.15) is 4.88 Å². The highest BCUT2D eigenvalue weighted by Gasteiger charge is 2.10. The molecule has 0 unspecified atom stereocenters. The van der Waals surface area contributed by atoms with Crippen LogP contribution in [0.2, 0.25) is 10.0 Å². The van der Waals surface area contributed by atoms with Gasteiger partial charge in [0.15, 0.2) is 0 Å². The number of hydrogen-bond acceptors (Lipinski definition) is 3. The number of halogens is 3. The fourth-order valence-corrected chi connectivity index (χ4v) is 3.47. The van der Waals surface area contributed by atoms with Crippen molar-refractivity contribution in [2.24, 2.45) is 0 Å². The fourth-order valence-electron chi connectivity index (χ4n) is 1.64. The van der Waals surface area contributed by atoms with Gasteiger partial charge in [-0.2, -0.15) is 0 Å². The average molecular weight is 366 g/mol. The van der Waals surface area contributed by atoms with Gasteiger partial charge in [0.2, 0.25) is 0 Å². The van der Waals surface area contributed by atoms with Gasteiger partial charge in [-0.05, 0) is 34.1 Å². The van der Waals surface area contributed by atoms with E-state index in [4.69, 9.17) is 28.9 Å². The number of anilines is 2. The Morgan fingerprint density at radius 3 is 2.56 bits per heavy atom. The van der Waals surface area contributed by atoms with Crippen LogP contribution >= 0.6 is 50.5 Å². The van der Waals surface area contributed by atoms with Crippen LogP contribution < -0.4 is 10.6 Å². The van der Waals surface area contributed by atoms with E-state index in [-0.39, 0.29) is 0 Å². The first kappa shape index (κ1) is 14.0. The van der Waals surface area contributed by atoms with E-state index in [9.17, 15) is 0 Å². The molecule has 0 amide bonds. The molecule has 6 heteroatoms. The minimum Gasteiger partial charge on any atom is -0.397 e.